The van der Waals surface area contributed by atoms with E-state index in [2.05, 4.69) is 25.7 Å². The molecule has 0 N–H and O–H groups in total. The molecule has 42 heavy (non-hydrogen) atoms. The Labute approximate surface area is 262 Å². The van der Waals surface area contributed by atoms with Gasteiger partial charge in [0.15, 0.2) is 0 Å². The van der Waals surface area contributed by atoms with Gasteiger partial charge in [0.2, 0.25) is 0 Å². The first-order valence-corrected chi connectivity index (χ1v) is 18.4. The van der Waals surface area contributed by atoms with Crippen LogP contribution in [0.3, 0.4) is 0 Å². The molecule has 0 radical (unpaired) electrons. The van der Waals surface area contributed by atoms with E-state index < -0.39 is 0 Å². The van der Waals surface area contributed by atoms with E-state index in [-0.39, 0.29) is 24.6 Å². The summed E-state index contributed by atoms with van der Waals surface area (Å²) >= 11 is 0. The van der Waals surface area contributed by atoms with E-state index in [1.807, 2.05) is 14.1 Å². The number of ether oxygens (including phenoxy) is 2. The summed E-state index contributed by atoms with van der Waals surface area (Å²) in [5.74, 6) is 0.135. The van der Waals surface area contributed by atoms with Gasteiger partial charge in [0.1, 0.15) is 12.7 Å². The summed E-state index contributed by atoms with van der Waals surface area (Å²) in [6.07, 6.45) is 29.8. The van der Waals surface area contributed by atoms with Crippen LogP contribution in [-0.2, 0) is 19.1 Å². The highest BCUT2D eigenvalue weighted by Gasteiger charge is 2.19. The molecular weight excluding hydrogens is 522 g/mol. The molecule has 250 valence electrons. The highest BCUT2D eigenvalue weighted by atomic mass is 16.6. The zero-order valence-corrected chi connectivity index (χ0v) is 29.0. The SMILES string of the molecule is CCCCCCCCCCCCC(COC(=O)CC(CCCCCCC)CCCCCCC)OC(=O)CCCN(C)C. The van der Waals surface area contributed by atoms with Gasteiger partial charge in [-0.3, -0.25) is 9.59 Å². The Morgan fingerprint density at radius 2 is 0.976 bits per heavy atom. The van der Waals surface area contributed by atoms with Crippen LogP contribution in [0.5, 0.6) is 0 Å². The van der Waals surface area contributed by atoms with Crippen molar-refractivity contribution >= 4 is 11.9 Å². The highest BCUT2D eigenvalue weighted by molar-refractivity contribution is 5.70. The van der Waals surface area contributed by atoms with E-state index in [0.29, 0.717) is 18.8 Å². The Morgan fingerprint density at radius 3 is 1.43 bits per heavy atom. The van der Waals surface area contributed by atoms with Crippen LogP contribution in [0.4, 0.5) is 0 Å². The van der Waals surface area contributed by atoms with Crippen molar-refractivity contribution in [3.8, 4) is 0 Å². The molecule has 0 bridgehead atoms. The number of hydrogen-bond donors (Lipinski definition) is 0. The van der Waals surface area contributed by atoms with Crippen LogP contribution in [0.2, 0.25) is 0 Å². The molecule has 1 atom stereocenters. The van der Waals surface area contributed by atoms with Crippen LogP contribution < -0.4 is 0 Å². The van der Waals surface area contributed by atoms with E-state index >= 15 is 0 Å². The summed E-state index contributed by atoms with van der Waals surface area (Å²) < 4.78 is 11.6. The maximum absolute atomic E-state index is 12.9. The van der Waals surface area contributed by atoms with Crippen LogP contribution in [0.15, 0.2) is 0 Å². The van der Waals surface area contributed by atoms with Gasteiger partial charge in [-0.05, 0) is 58.7 Å². The minimum absolute atomic E-state index is 0.112. The number of carbonyl (C=O) groups is 2. The topological polar surface area (TPSA) is 55.8 Å². The average molecular weight is 596 g/mol. The van der Waals surface area contributed by atoms with E-state index in [9.17, 15) is 9.59 Å². The summed E-state index contributed by atoms with van der Waals surface area (Å²) in [7, 11) is 4.03. The molecule has 5 nitrogen and oxygen atoms in total. The highest BCUT2D eigenvalue weighted by Crippen LogP contribution is 2.23. The van der Waals surface area contributed by atoms with E-state index in [4.69, 9.17) is 9.47 Å². The van der Waals surface area contributed by atoms with Crippen LogP contribution >= 0.6 is 0 Å². The molecule has 1 unspecified atom stereocenters. The molecule has 0 saturated carbocycles. The summed E-state index contributed by atoms with van der Waals surface area (Å²) in [4.78, 5) is 27.6. The standard InChI is InChI=1S/C37H73NO4/c1-6-9-12-15-16-17-18-19-22-25-29-35(42-36(39)30-26-31-38(4)5)33-41-37(40)32-34(27-23-20-13-10-7-2)28-24-21-14-11-8-3/h34-35H,6-33H2,1-5H3. The maximum atomic E-state index is 12.9. The molecule has 0 aromatic heterocycles. The molecule has 0 fully saturated rings. The van der Waals surface area contributed by atoms with Gasteiger partial charge in [0.25, 0.3) is 0 Å². The van der Waals surface area contributed by atoms with Crippen molar-refractivity contribution in [1.29, 1.82) is 0 Å². The van der Waals surface area contributed by atoms with Crippen LogP contribution in [-0.4, -0.2) is 50.2 Å². The van der Waals surface area contributed by atoms with Crippen molar-refractivity contribution in [3.63, 3.8) is 0 Å². The molecule has 0 amide bonds. The number of carbonyl (C=O) groups excluding carboxylic acids is 2. The molecule has 0 rings (SSSR count). The number of unbranched alkanes of at least 4 members (excludes halogenated alkanes) is 17. The Hall–Kier alpha value is -1.10. The lowest BCUT2D eigenvalue weighted by atomic mass is 9.91. The predicted octanol–water partition coefficient (Wildman–Crippen LogP) is 10.8. The third-order valence-electron chi connectivity index (χ3n) is 8.48. The van der Waals surface area contributed by atoms with Crippen molar-refractivity contribution in [3.05, 3.63) is 0 Å². The fourth-order valence-electron chi connectivity index (χ4n) is 5.72. The van der Waals surface area contributed by atoms with Crippen molar-refractivity contribution < 1.29 is 19.1 Å². The van der Waals surface area contributed by atoms with Gasteiger partial charge in [0.05, 0.1) is 0 Å². The molecule has 0 spiro atoms. The minimum Gasteiger partial charge on any atom is -0.462 e. The zero-order chi connectivity index (χ0) is 31.1. The Kier molecular flexibility index (Phi) is 30.5. The van der Waals surface area contributed by atoms with E-state index in [1.54, 1.807) is 0 Å². The van der Waals surface area contributed by atoms with Gasteiger partial charge in [-0.2, -0.15) is 0 Å². The smallest absolute Gasteiger partial charge is 0.306 e. The second-order valence-corrected chi connectivity index (χ2v) is 13.1. The van der Waals surface area contributed by atoms with Crippen LogP contribution in [0.1, 0.15) is 188 Å². The predicted molar refractivity (Wildman–Crippen MR) is 180 cm³/mol. The van der Waals surface area contributed by atoms with Gasteiger partial charge in [0, 0.05) is 12.8 Å². The Morgan fingerprint density at radius 1 is 0.548 bits per heavy atom. The van der Waals surface area contributed by atoms with E-state index in [1.165, 1.54) is 116 Å². The number of rotatable bonds is 32. The van der Waals surface area contributed by atoms with Crippen LogP contribution in [0.25, 0.3) is 0 Å². The average Bonchev–Trinajstić information content (AvgIpc) is 2.96. The first-order chi connectivity index (χ1) is 20.4. The quantitative estimate of drug-likeness (QED) is 0.0572. The molecule has 0 heterocycles. The molecule has 0 aliphatic rings. The third kappa shape index (κ3) is 29.0. The fraction of sp³-hybridized carbons (Fsp3) is 0.946. The Bertz CT molecular complexity index is 580. The van der Waals surface area contributed by atoms with Gasteiger partial charge < -0.3 is 14.4 Å². The van der Waals surface area contributed by atoms with Gasteiger partial charge in [-0.25, -0.2) is 0 Å². The largest absolute Gasteiger partial charge is 0.462 e. The minimum atomic E-state index is -0.323. The molecule has 0 aromatic carbocycles. The monoisotopic (exact) mass is 596 g/mol. The van der Waals surface area contributed by atoms with Crippen molar-refractivity contribution in [1.82, 2.24) is 4.90 Å². The first kappa shape index (κ1) is 40.9. The lowest BCUT2D eigenvalue weighted by Gasteiger charge is -2.20. The molecule has 0 aliphatic carbocycles. The van der Waals surface area contributed by atoms with E-state index in [0.717, 1.165) is 45.1 Å². The first-order valence-electron chi connectivity index (χ1n) is 18.4. The lowest BCUT2D eigenvalue weighted by molar-refractivity contribution is -0.160. The summed E-state index contributed by atoms with van der Waals surface area (Å²) in [5, 5.41) is 0. The Balaban J connectivity index is 4.67. The lowest BCUT2D eigenvalue weighted by Crippen LogP contribution is -2.26. The number of nitrogens with zero attached hydrogens (tertiary/aromatic N) is 1. The van der Waals surface area contributed by atoms with Gasteiger partial charge >= 0.3 is 11.9 Å². The van der Waals surface area contributed by atoms with Gasteiger partial charge in [-0.15, -0.1) is 0 Å². The zero-order valence-electron chi connectivity index (χ0n) is 29.0. The molecular formula is C37H73NO4. The van der Waals surface area contributed by atoms with Crippen molar-refractivity contribution in [2.45, 2.75) is 194 Å². The van der Waals surface area contributed by atoms with Crippen molar-refractivity contribution in [2.24, 2.45) is 5.92 Å². The molecule has 0 saturated heterocycles. The molecule has 0 aromatic rings. The van der Waals surface area contributed by atoms with Crippen LogP contribution in [0, 0.1) is 5.92 Å². The summed E-state index contributed by atoms with van der Waals surface area (Å²) in [6.45, 7) is 7.83. The number of esters is 2. The number of hydrogen-bond acceptors (Lipinski definition) is 5. The van der Waals surface area contributed by atoms with Crippen molar-refractivity contribution in [2.75, 3.05) is 27.2 Å². The third-order valence-corrected chi connectivity index (χ3v) is 8.48. The fourth-order valence-corrected chi connectivity index (χ4v) is 5.72. The molecule has 0 aliphatic heterocycles. The second-order valence-electron chi connectivity index (χ2n) is 13.1. The normalized spacial score (nSPS) is 12.3. The maximum Gasteiger partial charge on any atom is 0.306 e. The second kappa shape index (κ2) is 31.3. The molecule has 5 heteroatoms. The summed E-state index contributed by atoms with van der Waals surface area (Å²) in [6, 6.07) is 0. The van der Waals surface area contributed by atoms with Gasteiger partial charge in [-0.1, -0.05) is 143 Å². The summed E-state index contributed by atoms with van der Waals surface area (Å²) in [5.41, 5.74) is 0.